The van der Waals surface area contributed by atoms with Crippen molar-refractivity contribution < 1.29 is 22.7 Å². The van der Waals surface area contributed by atoms with Gasteiger partial charge in [0.15, 0.2) is 9.84 Å². The number of likely N-dealkylation sites (tertiary alicyclic amines) is 1. The number of carbonyl (C=O) groups is 2. The van der Waals surface area contributed by atoms with Crippen molar-refractivity contribution >= 4 is 50.4 Å². The van der Waals surface area contributed by atoms with Gasteiger partial charge in [-0.2, -0.15) is 0 Å². The molecule has 1 aromatic carbocycles. The molecule has 1 aliphatic rings. The van der Waals surface area contributed by atoms with E-state index in [1.165, 1.54) is 31.1 Å². The Morgan fingerprint density at radius 1 is 1.36 bits per heavy atom. The van der Waals surface area contributed by atoms with Gasteiger partial charge >= 0.3 is 5.97 Å². The maximum absolute atomic E-state index is 12.9. The molecule has 1 heterocycles. The molecule has 2 unspecified atom stereocenters. The Morgan fingerprint density at radius 3 is 2.56 bits per heavy atom. The highest BCUT2D eigenvalue weighted by atomic mass is 35.5. The fourth-order valence-electron chi connectivity index (χ4n) is 2.83. The normalized spacial score (nSPS) is 20.4. The zero-order valence-corrected chi connectivity index (χ0v) is 16.2. The molecule has 0 amide bonds. The predicted octanol–water partition coefficient (Wildman–Crippen LogP) is 2.04. The number of sulfone groups is 1. The van der Waals surface area contributed by atoms with Crippen LogP contribution in [0.15, 0.2) is 29.2 Å². The van der Waals surface area contributed by atoms with Crippen molar-refractivity contribution in [1.82, 2.24) is 4.90 Å². The molecule has 1 aliphatic heterocycles. The van der Waals surface area contributed by atoms with Gasteiger partial charge in [-0.15, -0.1) is 0 Å². The van der Waals surface area contributed by atoms with Gasteiger partial charge in [-0.1, -0.05) is 36.0 Å². The molecule has 0 bridgehead atoms. The Hall–Kier alpha value is -1.51. The first-order valence-corrected chi connectivity index (χ1v) is 9.87. The van der Waals surface area contributed by atoms with Crippen LogP contribution in [0.5, 0.6) is 0 Å². The topological polar surface area (TPSA) is 80.8 Å². The van der Waals surface area contributed by atoms with Crippen LogP contribution in [0.4, 0.5) is 0 Å². The number of ether oxygens (including phenoxy) is 1. The summed E-state index contributed by atoms with van der Waals surface area (Å²) in [6, 6.07) is 5.32. The van der Waals surface area contributed by atoms with E-state index in [0.29, 0.717) is 0 Å². The number of hydrogen-bond acceptors (Lipinski definition) is 6. The average Bonchev–Trinajstić information content (AvgIpc) is 3.00. The molecule has 25 heavy (non-hydrogen) atoms. The Labute approximate surface area is 157 Å². The molecule has 9 heteroatoms. The van der Waals surface area contributed by atoms with E-state index in [1.54, 1.807) is 12.1 Å². The van der Waals surface area contributed by atoms with E-state index in [1.807, 2.05) is 0 Å². The van der Waals surface area contributed by atoms with Gasteiger partial charge in [-0.05, 0) is 25.5 Å². The zero-order valence-electron chi connectivity index (χ0n) is 13.8. The molecule has 0 saturated carbocycles. The van der Waals surface area contributed by atoms with Crippen molar-refractivity contribution in [2.75, 3.05) is 13.7 Å². The van der Waals surface area contributed by atoms with Crippen molar-refractivity contribution in [2.24, 2.45) is 0 Å². The molecule has 2 rings (SSSR count). The van der Waals surface area contributed by atoms with Crippen LogP contribution in [0.3, 0.4) is 0 Å². The minimum atomic E-state index is -3.76. The maximum atomic E-state index is 12.9. The number of hydrogen-bond donors (Lipinski definition) is 0. The van der Waals surface area contributed by atoms with Crippen LogP contribution in [0, 0.1) is 0 Å². The average molecular weight is 404 g/mol. The summed E-state index contributed by atoms with van der Waals surface area (Å²) in [5.74, 6) is -0.742. The number of halogens is 1. The lowest BCUT2D eigenvalue weighted by molar-refractivity contribution is -0.144. The molecular formula is C16H18ClNO5S2. The van der Waals surface area contributed by atoms with Crippen LogP contribution >= 0.6 is 23.8 Å². The fourth-order valence-corrected chi connectivity index (χ4v) is 5.45. The van der Waals surface area contributed by atoms with Gasteiger partial charge in [0.2, 0.25) is 0 Å². The second-order valence-corrected chi connectivity index (χ2v) is 8.87. The van der Waals surface area contributed by atoms with Crippen LogP contribution in [0.1, 0.15) is 19.8 Å². The minimum Gasteiger partial charge on any atom is -0.467 e. The molecular weight excluding hydrogens is 386 g/mol. The van der Waals surface area contributed by atoms with Crippen molar-refractivity contribution in [3.05, 3.63) is 29.3 Å². The van der Waals surface area contributed by atoms with Crippen molar-refractivity contribution in [2.45, 2.75) is 36.0 Å². The third-order valence-electron chi connectivity index (χ3n) is 4.04. The monoisotopic (exact) mass is 403 g/mol. The first kappa shape index (κ1) is 19.8. The maximum Gasteiger partial charge on any atom is 0.328 e. The smallest absolute Gasteiger partial charge is 0.328 e. The number of rotatable bonds is 5. The Bertz CT molecular complexity index is 808. The van der Waals surface area contributed by atoms with Crippen LogP contribution in [0.2, 0.25) is 5.02 Å². The summed E-state index contributed by atoms with van der Waals surface area (Å²) < 4.78 is 30.6. The molecule has 0 radical (unpaired) electrons. The van der Waals surface area contributed by atoms with Gasteiger partial charge < -0.3 is 9.64 Å². The van der Waals surface area contributed by atoms with Crippen LogP contribution in [-0.2, 0) is 24.2 Å². The number of nitrogens with zero attached hydrogens (tertiary/aromatic N) is 1. The van der Waals surface area contributed by atoms with E-state index >= 15 is 0 Å². The van der Waals surface area contributed by atoms with Gasteiger partial charge in [0, 0.05) is 6.54 Å². The molecule has 136 valence electrons. The lowest BCUT2D eigenvalue weighted by Crippen LogP contribution is -2.41. The molecule has 0 spiro atoms. The van der Waals surface area contributed by atoms with Crippen LogP contribution in [0.25, 0.3) is 0 Å². The number of ketones is 1. The zero-order chi connectivity index (χ0) is 18.8. The van der Waals surface area contributed by atoms with E-state index in [-0.39, 0.29) is 40.1 Å². The number of methoxy groups -OCH3 is 1. The van der Waals surface area contributed by atoms with Crippen LogP contribution in [-0.4, -0.2) is 55.0 Å². The first-order valence-electron chi connectivity index (χ1n) is 7.53. The molecule has 1 fully saturated rings. The van der Waals surface area contributed by atoms with E-state index in [0.717, 1.165) is 0 Å². The predicted molar refractivity (Wildman–Crippen MR) is 97.4 cm³/mol. The summed E-state index contributed by atoms with van der Waals surface area (Å²) >= 11 is 11.3. The van der Waals surface area contributed by atoms with Gasteiger partial charge in [-0.25, -0.2) is 13.2 Å². The number of Topliss-reactive ketones (excluding diaryl/α,β-unsaturated/α-hetero) is 1. The van der Waals surface area contributed by atoms with Crippen molar-refractivity contribution in [3.8, 4) is 0 Å². The third kappa shape index (κ3) is 4.19. The van der Waals surface area contributed by atoms with E-state index in [9.17, 15) is 18.0 Å². The van der Waals surface area contributed by atoms with Gasteiger partial charge in [0.1, 0.15) is 11.8 Å². The summed E-state index contributed by atoms with van der Waals surface area (Å²) in [4.78, 5) is 25.1. The minimum absolute atomic E-state index is 0.0133. The summed E-state index contributed by atoms with van der Waals surface area (Å²) in [6.07, 6.45) is -0.0000367. The number of benzene rings is 1. The SMILES string of the molecule is COC(=O)C1CC(S(=O)(=O)c2ccccc2Cl)CN1C(=S)CC(C)=O. The highest BCUT2D eigenvalue weighted by Crippen LogP contribution is 2.32. The van der Waals surface area contributed by atoms with Crippen molar-refractivity contribution in [3.63, 3.8) is 0 Å². The number of thiocarbonyl (C=S) groups is 1. The molecule has 0 N–H and O–H groups in total. The van der Waals surface area contributed by atoms with E-state index < -0.39 is 27.1 Å². The standard InChI is InChI=1S/C16H18ClNO5S2/c1-10(19)7-15(24)18-9-11(8-13(18)16(20)23-2)25(21,22)14-6-4-3-5-12(14)17/h3-6,11,13H,7-9H2,1-2H3. The summed E-state index contributed by atoms with van der Waals surface area (Å²) in [5.41, 5.74) is 0. The lowest BCUT2D eigenvalue weighted by atomic mass is 10.2. The number of carbonyl (C=O) groups excluding carboxylic acids is 2. The molecule has 1 aromatic rings. The van der Waals surface area contributed by atoms with E-state index in [2.05, 4.69) is 0 Å². The molecule has 0 aliphatic carbocycles. The van der Waals surface area contributed by atoms with Crippen LogP contribution < -0.4 is 0 Å². The quantitative estimate of drug-likeness (QED) is 0.549. The Balaban J connectivity index is 2.35. The highest BCUT2D eigenvalue weighted by Gasteiger charge is 2.45. The summed E-state index contributed by atoms with van der Waals surface area (Å²) in [6.45, 7) is 1.40. The molecule has 2 atom stereocenters. The van der Waals surface area contributed by atoms with Gasteiger partial charge in [0.05, 0.1) is 33.7 Å². The van der Waals surface area contributed by atoms with Crippen molar-refractivity contribution in [1.29, 1.82) is 0 Å². The lowest BCUT2D eigenvalue weighted by Gasteiger charge is -2.24. The third-order valence-corrected chi connectivity index (χ3v) is 7.05. The first-order chi connectivity index (χ1) is 11.7. The Kier molecular flexibility index (Phi) is 6.18. The summed E-state index contributed by atoms with van der Waals surface area (Å²) in [5, 5.41) is -0.747. The number of esters is 1. The largest absolute Gasteiger partial charge is 0.467 e. The second-order valence-electron chi connectivity index (χ2n) is 5.80. The molecule has 1 saturated heterocycles. The molecule has 0 aromatic heterocycles. The Morgan fingerprint density at radius 2 is 2.00 bits per heavy atom. The van der Waals surface area contributed by atoms with E-state index in [4.69, 9.17) is 28.6 Å². The fraction of sp³-hybridized carbons (Fsp3) is 0.438. The molecule has 6 nitrogen and oxygen atoms in total. The summed E-state index contributed by atoms with van der Waals surface area (Å²) in [7, 11) is -2.54. The highest BCUT2D eigenvalue weighted by molar-refractivity contribution is 7.92. The van der Waals surface area contributed by atoms with Gasteiger partial charge in [-0.3, -0.25) is 4.79 Å². The second kappa shape index (κ2) is 7.80. The van der Waals surface area contributed by atoms with Gasteiger partial charge in [0.25, 0.3) is 0 Å².